The van der Waals surface area contributed by atoms with Gasteiger partial charge in [0.1, 0.15) is 0 Å². The molecule has 0 unspecified atom stereocenters. The molecule has 0 aliphatic carbocycles. The summed E-state index contributed by atoms with van der Waals surface area (Å²) < 4.78 is 0. The van der Waals surface area contributed by atoms with E-state index in [0.717, 1.165) is 16.7 Å². The van der Waals surface area contributed by atoms with Crippen LogP contribution in [0.3, 0.4) is 0 Å². The number of aryl methyl sites for hydroxylation is 1. The standard InChI is InChI=1S/C20H20N2O/c1-16-2-4-19(5-3-16)20(23,14-17-6-10-21-11-7-17)15-18-8-12-22-13-9-18/h2-13,23H,14-15H2,1H3. The molecule has 3 aromatic rings. The molecule has 1 N–H and O–H groups in total. The maximum atomic E-state index is 11.4. The Morgan fingerprint density at radius 3 is 1.61 bits per heavy atom. The van der Waals surface area contributed by atoms with Gasteiger partial charge in [-0.2, -0.15) is 0 Å². The van der Waals surface area contributed by atoms with Gasteiger partial charge in [-0.05, 0) is 47.9 Å². The Kier molecular flexibility index (Phi) is 4.49. The first kappa shape index (κ1) is 15.4. The number of hydrogen-bond acceptors (Lipinski definition) is 3. The van der Waals surface area contributed by atoms with Gasteiger partial charge in [0.15, 0.2) is 0 Å². The second kappa shape index (κ2) is 6.71. The maximum Gasteiger partial charge on any atom is 0.0976 e. The SMILES string of the molecule is Cc1ccc(C(O)(Cc2ccncc2)Cc2ccncc2)cc1. The molecule has 2 heterocycles. The number of hydrogen-bond donors (Lipinski definition) is 1. The van der Waals surface area contributed by atoms with Gasteiger partial charge in [-0.25, -0.2) is 0 Å². The summed E-state index contributed by atoms with van der Waals surface area (Å²) in [6.07, 6.45) is 8.13. The average molecular weight is 304 g/mol. The summed E-state index contributed by atoms with van der Waals surface area (Å²) in [5.41, 5.74) is 3.28. The third kappa shape index (κ3) is 3.82. The summed E-state index contributed by atoms with van der Waals surface area (Å²) in [5.74, 6) is 0. The van der Waals surface area contributed by atoms with Gasteiger partial charge in [-0.15, -0.1) is 0 Å². The Balaban J connectivity index is 1.96. The molecule has 0 spiro atoms. The predicted molar refractivity (Wildman–Crippen MR) is 91.0 cm³/mol. The first-order valence-electron chi connectivity index (χ1n) is 7.73. The van der Waals surface area contributed by atoms with E-state index in [1.807, 2.05) is 48.5 Å². The molecule has 2 aromatic heterocycles. The summed E-state index contributed by atoms with van der Waals surface area (Å²) in [4.78, 5) is 8.11. The number of aromatic nitrogens is 2. The molecule has 0 radical (unpaired) electrons. The predicted octanol–water partition coefficient (Wildman–Crippen LogP) is 3.46. The summed E-state index contributed by atoms with van der Waals surface area (Å²) >= 11 is 0. The highest BCUT2D eigenvalue weighted by Gasteiger charge is 2.30. The summed E-state index contributed by atoms with van der Waals surface area (Å²) in [7, 11) is 0. The van der Waals surface area contributed by atoms with Crippen LogP contribution in [-0.4, -0.2) is 15.1 Å². The van der Waals surface area contributed by atoms with Crippen molar-refractivity contribution in [2.24, 2.45) is 0 Å². The van der Waals surface area contributed by atoms with Gasteiger partial charge in [0.25, 0.3) is 0 Å². The van der Waals surface area contributed by atoms with Gasteiger partial charge in [-0.3, -0.25) is 9.97 Å². The second-order valence-corrected chi connectivity index (χ2v) is 5.96. The highest BCUT2D eigenvalue weighted by atomic mass is 16.3. The van der Waals surface area contributed by atoms with Crippen molar-refractivity contribution >= 4 is 0 Å². The molecule has 3 nitrogen and oxygen atoms in total. The molecule has 3 heteroatoms. The minimum absolute atomic E-state index is 0.543. The number of nitrogens with zero attached hydrogens (tertiary/aromatic N) is 2. The van der Waals surface area contributed by atoms with Crippen LogP contribution >= 0.6 is 0 Å². The first-order valence-corrected chi connectivity index (χ1v) is 7.73. The lowest BCUT2D eigenvalue weighted by molar-refractivity contribution is 0.0371. The highest BCUT2D eigenvalue weighted by molar-refractivity contribution is 5.31. The van der Waals surface area contributed by atoms with Crippen LogP contribution < -0.4 is 0 Å². The first-order chi connectivity index (χ1) is 11.2. The third-order valence-electron chi connectivity index (χ3n) is 4.08. The molecular weight excluding hydrogens is 284 g/mol. The topological polar surface area (TPSA) is 46.0 Å². The zero-order valence-electron chi connectivity index (χ0n) is 13.2. The van der Waals surface area contributed by atoms with Crippen LogP contribution in [-0.2, 0) is 18.4 Å². The van der Waals surface area contributed by atoms with Crippen molar-refractivity contribution < 1.29 is 5.11 Å². The quantitative estimate of drug-likeness (QED) is 0.785. The minimum atomic E-state index is -0.962. The van der Waals surface area contributed by atoms with E-state index in [1.54, 1.807) is 24.8 Å². The number of aliphatic hydroxyl groups is 1. The molecule has 0 saturated carbocycles. The maximum absolute atomic E-state index is 11.4. The lowest BCUT2D eigenvalue weighted by atomic mass is 9.82. The normalized spacial score (nSPS) is 11.4. The highest BCUT2D eigenvalue weighted by Crippen LogP contribution is 2.30. The van der Waals surface area contributed by atoms with Crippen molar-refractivity contribution in [2.75, 3.05) is 0 Å². The molecule has 0 bridgehead atoms. The zero-order valence-corrected chi connectivity index (χ0v) is 13.2. The van der Waals surface area contributed by atoms with E-state index in [-0.39, 0.29) is 0 Å². The van der Waals surface area contributed by atoms with Crippen LogP contribution in [0.5, 0.6) is 0 Å². The molecule has 0 atom stereocenters. The lowest BCUT2D eigenvalue weighted by Gasteiger charge is -2.29. The second-order valence-electron chi connectivity index (χ2n) is 5.96. The van der Waals surface area contributed by atoms with E-state index >= 15 is 0 Å². The van der Waals surface area contributed by atoms with Crippen molar-refractivity contribution in [3.8, 4) is 0 Å². The monoisotopic (exact) mass is 304 g/mol. The van der Waals surface area contributed by atoms with Crippen LogP contribution in [0.1, 0.15) is 22.3 Å². The van der Waals surface area contributed by atoms with Gasteiger partial charge in [0.2, 0.25) is 0 Å². The van der Waals surface area contributed by atoms with Gasteiger partial charge < -0.3 is 5.11 Å². The fourth-order valence-electron chi connectivity index (χ4n) is 2.81. The molecule has 0 aliphatic heterocycles. The summed E-state index contributed by atoms with van der Waals surface area (Å²) in [5, 5.41) is 11.4. The van der Waals surface area contributed by atoms with Gasteiger partial charge in [-0.1, -0.05) is 29.8 Å². The summed E-state index contributed by atoms with van der Waals surface area (Å²) in [6.45, 7) is 2.05. The molecule has 0 amide bonds. The van der Waals surface area contributed by atoms with E-state index in [4.69, 9.17) is 0 Å². The average Bonchev–Trinajstić information content (AvgIpc) is 2.57. The Hall–Kier alpha value is -2.52. The van der Waals surface area contributed by atoms with E-state index in [2.05, 4.69) is 16.9 Å². The smallest absolute Gasteiger partial charge is 0.0976 e. The molecule has 1 aromatic carbocycles. The number of benzene rings is 1. The van der Waals surface area contributed by atoms with Crippen molar-refractivity contribution in [3.63, 3.8) is 0 Å². The lowest BCUT2D eigenvalue weighted by Crippen LogP contribution is -2.31. The van der Waals surface area contributed by atoms with Crippen molar-refractivity contribution in [3.05, 3.63) is 95.6 Å². The number of pyridine rings is 2. The summed E-state index contributed by atoms with van der Waals surface area (Å²) in [6, 6.07) is 15.9. The molecule has 23 heavy (non-hydrogen) atoms. The number of rotatable bonds is 5. The van der Waals surface area contributed by atoms with Crippen LogP contribution in [0.15, 0.2) is 73.3 Å². The fraction of sp³-hybridized carbons (Fsp3) is 0.200. The largest absolute Gasteiger partial charge is 0.384 e. The van der Waals surface area contributed by atoms with E-state index < -0.39 is 5.60 Å². The van der Waals surface area contributed by atoms with E-state index in [0.29, 0.717) is 12.8 Å². The van der Waals surface area contributed by atoms with Crippen molar-refractivity contribution in [1.82, 2.24) is 9.97 Å². The van der Waals surface area contributed by atoms with Gasteiger partial charge >= 0.3 is 0 Å². The molecule has 116 valence electrons. The molecule has 0 saturated heterocycles. The Labute approximate surface area is 136 Å². The Morgan fingerprint density at radius 2 is 1.17 bits per heavy atom. The van der Waals surface area contributed by atoms with Crippen LogP contribution in [0.2, 0.25) is 0 Å². The third-order valence-corrected chi connectivity index (χ3v) is 4.08. The van der Waals surface area contributed by atoms with Gasteiger partial charge in [0, 0.05) is 37.6 Å². The van der Waals surface area contributed by atoms with E-state index in [1.165, 1.54) is 5.56 Å². The Bertz CT molecular complexity index is 698. The Morgan fingerprint density at radius 1 is 0.739 bits per heavy atom. The van der Waals surface area contributed by atoms with E-state index in [9.17, 15) is 5.11 Å². The van der Waals surface area contributed by atoms with Gasteiger partial charge in [0.05, 0.1) is 5.60 Å². The van der Waals surface area contributed by atoms with Crippen molar-refractivity contribution in [1.29, 1.82) is 0 Å². The minimum Gasteiger partial charge on any atom is -0.384 e. The zero-order chi connectivity index (χ0) is 16.1. The molecular formula is C20H20N2O. The fourth-order valence-corrected chi connectivity index (χ4v) is 2.81. The van der Waals surface area contributed by atoms with Crippen LogP contribution in [0.4, 0.5) is 0 Å². The van der Waals surface area contributed by atoms with Crippen LogP contribution in [0.25, 0.3) is 0 Å². The van der Waals surface area contributed by atoms with Crippen molar-refractivity contribution in [2.45, 2.75) is 25.4 Å². The van der Waals surface area contributed by atoms with Crippen LogP contribution in [0, 0.1) is 6.92 Å². The molecule has 3 rings (SSSR count). The molecule has 0 fully saturated rings. The molecule has 0 aliphatic rings.